The van der Waals surface area contributed by atoms with Crippen molar-refractivity contribution in [3.05, 3.63) is 24.3 Å². The van der Waals surface area contributed by atoms with Crippen molar-refractivity contribution < 1.29 is 19.8 Å². The van der Waals surface area contributed by atoms with Gasteiger partial charge in [-0.05, 0) is 44.9 Å². The van der Waals surface area contributed by atoms with Crippen LogP contribution in [-0.4, -0.2) is 22.2 Å². The predicted octanol–water partition coefficient (Wildman–Crippen LogP) is 6.90. The summed E-state index contributed by atoms with van der Waals surface area (Å²) in [4.78, 5) is 20.8. The zero-order chi connectivity index (χ0) is 20.0. The van der Waals surface area contributed by atoms with Crippen molar-refractivity contribution in [2.45, 2.75) is 109 Å². The molecule has 0 atom stereocenters. The summed E-state index contributed by atoms with van der Waals surface area (Å²) < 4.78 is 0. The van der Waals surface area contributed by atoms with Crippen LogP contribution in [0, 0.1) is 0 Å². The number of carbonyl (C=O) groups is 2. The monoisotopic (exact) mass is 380 g/mol. The highest BCUT2D eigenvalue weighted by molar-refractivity contribution is 5.66. The van der Waals surface area contributed by atoms with Crippen molar-refractivity contribution in [1.82, 2.24) is 0 Å². The number of allylic oxidation sites excluding steroid dienone is 4. The number of rotatable bonds is 20. The third-order valence-electron chi connectivity index (χ3n) is 4.63. The van der Waals surface area contributed by atoms with Crippen LogP contribution in [0.3, 0.4) is 0 Å². The first-order valence-electron chi connectivity index (χ1n) is 10.9. The molecule has 0 bridgehead atoms. The number of hydrogen-bond acceptors (Lipinski definition) is 2. The smallest absolute Gasteiger partial charge is 0.303 e. The van der Waals surface area contributed by atoms with Gasteiger partial charge in [0.25, 0.3) is 0 Å². The van der Waals surface area contributed by atoms with E-state index in [0.717, 1.165) is 57.8 Å². The lowest BCUT2D eigenvalue weighted by atomic mass is 10.1. The first-order valence-corrected chi connectivity index (χ1v) is 10.9. The minimum atomic E-state index is -0.681. The number of hydrogen-bond donors (Lipinski definition) is 2. The SMILES string of the molecule is O=C(O)CCCCCCCC/C=C/C/C=C/CCCCCCCCC(=O)O. The molecule has 0 spiro atoms. The van der Waals surface area contributed by atoms with Crippen LogP contribution in [0.4, 0.5) is 0 Å². The van der Waals surface area contributed by atoms with Crippen LogP contribution >= 0.6 is 0 Å². The lowest BCUT2D eigenvalue weighted by Crippen LogP contribution is -1.93. The maximum atomic E-state index is 10.4. The van der Waals surface area contributed by atoms with Crippen molar-refractivity contribution >= 4 is 11.9 Å². The summed E-state index contributed by atoms with van der Waals surface area (Å²) in [6.07, 6.45) is 26.3. The molecule has 0 amide bonds. The maximum Gasteiger partial charge on any atom is 0.303 e. The van der Waals surface area contributed by atoms with E-state index < -0.39 is 11.9 Å². The molecule has 0 saturated carbocycles. The third kappa shape index (κ3) is 24.4. The zero-order valence-corrected chi connectivity index (χ0v) is 17.0. The Hall–Kier alpha value is -1.58. The Morgan fingerprint density at radius 2 is 0.815 bits per heavy atom. The van der Waals surface area contributed by atoms with Crippen LogP contribution in [0.5, 0.6) is 0 Å². The molecule has 0 aliphatic carbocycles. The summed E-state index contributed by atoms with van der Waals surface area (Å²) in [5.74, 6) is -1.36. The molecule has 0 aromatic heterocycles. The van der Waals surface area contributed by atoms with E-state index >= 15 is 0 Å². The van der Waals surface area contributed by atoms with E-state index in [1.165, 1.54) is 38.5 Å². The second-order valence-corrected chi connectivity index (χ2v) is 7.29. The van der Waals surface area contributed by atoms with Gasteiger partial charge < -0.3 is 10.2 Å². The molecule has 4 heteroatoms. The molecule has 0 fully saturated rings. The van der Waals surface area contributed by atoms with Gasteiger partial charge >= 0.3 is 11.9 Å². The van der Waals surface area contributed by atoms with E-state index in [1.807, 2.05) is 0 Å². The lowest BCUT2D eigenvalue weighted by molar-refractivity contribution is -0.138. The summed E-state index contributed by atoms with van der Waals surface area (Å²) in [5.41, 5.74) is 0. The van der Waals surface area contributed by atoms with Crippen LogP contribution in [0.2, 0.25) is 0 Å². The Kier molecular flexibility index (Phi) is 19.5. The Labute approximate surface area is 165 Å². The van der Waals surface area contributed by atoms with Gasteiger partial charge in [0.2, 0.25) is 0 Å². The second-order valence-electron chi connectivity index (χ2n) is 7.29. The molecule has 27 heavy (non-hydrogen) atoms. The number of unbranched alkanes of at least 4 members (excludes halogenated alkanes) is 12. The molecular weight excluding hydrogens is 340 g/mol. The molecule has 156 valence electrons. The Morgan fingerprint density at radius 1 is 0.481 bits per heavy atom. The Morgan fingerprint density at radius 3 is 1.19 bits per heavy atom. The van der Waals surface area contributed by atoms with Crippen LogP contribution in [0.1, 0.15) is 109 Å². The van der Waals surface area contributed by atoms with Gasteiger partial charge in [-0.3, -0.25) is 9.59 Å². The first kappa shape index (κ1) is 25.4. The maximum absolute atomic E-state index is 10.4. The molecule has 4 nitrogen and oxygen atoms in total. The highest BCUT2D eigenvalue weighted by Gasteiger charge is 1.97. The fraction of sp³-hybridized carbons (Fsp3) is 0.739. The van der Waals surface area contributed by atoms with Crippen LogP contribution in [0.25, 0.3) is 0 Å². The van der Waals surface area contributed by atoms with Crippen LogP contribution < -0.4 is 0 Å². The van der Waals surface area contributed by atoms with E-state index in [2.05, 4.69) is 24.3 Å². The Balaban J connectivity index is 3.20. The number of carboxylic acids is 2. The van der Waals surface area contributed by atoms with Gasteiger partial charge in [0, 0.05) is 12.8 Å². The van der Waals surface area contributed by atoms with Gasteiger partial charge in [0.15, 0.2) is 0 Å². The average molecular weight is 381 g/mol. The third-order valence-corrected chi connectivity index (χ3v) is 4.63. The number of carboxylic acid groups (broad SMARTS) is 2. The van der Waals surface area contributed by atoms with Crippen LogP contribution in [-0.2, 0) is 9.59 Å². The van der Waals surface area contributed by atoms with Gasteiger partial charge in [-0.15, -0.1) is 0 Å². The minimum Gasteiger partial charge on any atom is -0.481 e. The van der Waals surface area contributed by atoms with Crippen molar-refractivity contribution in [2.24, 2.45) is 0 Å². The first-order chi connectivity index (χ1) is 13.1. The fourth-order valence-corrected chi connectivity index (χ4v) is 3.00. The van der Waals surface area contributed by atoms with Gasteiger partial charge in [0.05, 0.1) is 0 Å². The summed E-state index contributed by atoms with van der Waals surface area (Å²) in [6, 6.07) is 0. The average Bonchev–Trinajstić information content (AvgIpc) is 2.62. The van der Waals surface area contributed by atoms with E-state index in [1.54, 1.807) is 0 Å². The molecule has 0 aromatic carbocycles. The van der Waals surface area contributed by atoms with E-state index in [-0.39, 0.29) is 0 Å². The van der Waals surface area contributed by atoms with Gasteiger partial charge in [-0.25, -0.2) is 0 Å². The highest BCUT2D eigenvalue weighted by Crippen LogP contribution is 2.10. The quantitative estimate of drug-likeness (QED) is 0.178. The topological polar surface area (TPSA) is 74.6 Å². The molecule has 0 radical (unpaired) electrons. The lowest BCUT2D eigenvalue weighted by Gasteiger charge is -1.99. The fourth-order valence-electron chi connectivity index (χ4n) is 3.00. The summed E-state index contributed by atoms with van der Waals surface area (Å²) in [5, 5.41) is 17.1. The van der Waals surface area contributed by atoms with Crippen molar-refractivity contribution in [3.63, 3.8) is 0 Å². The van der Waals surface area contributed by atoms with Gasteiger partial charge in [0.1, 0.15) is 0 Å². The molecular formula is C23H40O4. The molecule has 0 unspecified atom stereocenters. The molecule has 0 saturated heterocycles. The highest BCUT2D eigenvalue weighted by atomic mass is 16.4. The van der Waals surface area contributed by atoms with Gasteiger partial charge in [-0.2, -0.15) is 0 Å². The molecule has 0 rings (SSSR count). The second kappa shape index (κ2) is 20.7. The van der Waals surface area contributed by atoms with Crippen molar-refractivity contribution in [1.29, 1.82) is 0 Å². The normalized spacial score (nSPS) is 11.6. The van der Waals surface area contributed by atoms with Gasteiger partial charge in [-0.1, -0.05) is 75.7 Å². The molecule has 2 N–H and O–H groups in total. The zero-order valence-electron chi connectivity index (χ0n) is 17.0. The van der Waals surface area contributed by atoms with Crippen LogP contribution in [0.15, 0.2) is 24.3 Å². The van der Waals surface area contributed by atoms with E-state index in [9.17, 15) is 9.59 Å². The molecule has 0 heterocycles. The number of aliphatic carboxylic acids is 2. The summed E-state index contributed by atoms with van der Waals surface area (Å²) in [7, 11) is 0. The van der Waals surface area contributed by atoms with E-state index in [4.69, 9.17) is 10.2 Å². The minimum absolute atomic E-state index is 0.310. The predicted molar refractivity (Wildman–Crippen MR) is 112 cm³/mol. The summed E-state index contributed by atoms with van der Waals surface area (Å²) >= 11 is 0. The Bertz CT molecular complexity index is 375. The summed E-state index contributed by atoms with van der Waals surface area (Å²) in [6.45, 7) is 0. The van der Waals surface area contributed by atoms with Crippen molar-refractivity contribution in [2.75, 3.05) is 0 Å². The molecule has 0 aliphatic rings. The largest absolute Gasteiger partial charge is 0.481 e. The van der Waals surface area contributed by atoms with Crippen molar-refractivity contribution in [3.8, 4) is 0 Å². The standard InChI is InChI=1S/C23H40O4/c24-22(25)20-18-16-14-12-10-8-6-4-2-1-3-5-7-9-11-13-15-17-19-21-23(26)27/h2-5H,1,6-21H2,(H,24,25)(H,26,27)/b4-2+,5-3+. The molecule has 0 aliphatic heterocycles. The van der Waals surface area contributed by atoms with E-state index in [0.29, 0.717) is 12.8 Å². The molecule has 0 aromatic rings.